The van der Waals surface area contributed by atoms with Crippen molar-refractivity contribution < 1.29 is 19.6 Å². The van der Waals surface area contributed by atoms with Gasteiger partial charge in [0, 0.05) is 19.3 Å². The van der Waals surface area contributed by atoms with Gasteiger partial charge in [-0.3, -0.25) is 9.59 Å². The zero-order valence-corrected chi connectivity index (χ0v) is 15.3. The molecule has 1 aliphatic heterocycles. The molecule has 1 heterocycles. The van der Waals surface area contributed by atoms with E-state index in [0.29, 0.717) is 12.1 Å². The van der Waals surface area contributed by atoms with E-state index in [2.05, 4.69) is 5.32 Å². The molecule has 6 rings (SSSR count). The van der Waals surface area contributed by atoms with E-state index in [1.807, 2.05) is 0 Å². The molecule has 5 heteroatoms. The number of anilines is 1. The Kier molecular flexibility index (Phi) is 3.64. The minimum Gasteiger partial charge on any atom is -0.497 e. The molecule has 1 aromatic carbocycles. The summed E-state index contributed by atoms with van der Waals surface area (Å²) in [6, 6.07) is 6.93. The highest BCUT2D eigenvalue weighted by Crippen LogP contribution is 2.54. The lowest BCUT2D eigenvalue weighted by atomic mass is 9.53. The van der Waals surface area contributed by atoms with Gasteiger partial charge in [-0.25, -0.2) is 4.90 Å². The Morgan fingerprint density at radius 2 is 1.58 bits per heavy atom. The second kappa shape index (κ2) is 5.81. The molecular formula is C21H27N2O3+. The van der Waals surface area contributed by atoms with Crippen molar-refractivity contribution in [3.8, 4) is 5.75 Å². The maximum absolute atomic E-state index is 13.0. The molecule has 5 nitrogen and oxygen atoms in total. The van der Waals surface area contributed by atoms with Crippen LogP contribution in [0.1, 0.15) is 44.9 Å². The number of methoxy groups -OCH3 is 1. The fourth-order valence-electron chi connectivity index (χ4n) is 6.60. The Hall–Kier alpha value is -1.88. The van der Waals surface area contributed by atoms with Crippen LogP contribution in [0, 0.1) is 17.8 Å². The van der Waals surface area contributed by atoms with Crippen molar-refractivity contribution in [1.82, 2.24) is 0 Å². The van der Waals surface area contributed by atoms with Crippen molar-refractivity contribution >= 4 is 17.5 Å². The number of nitrogens with two attached hydrogens (primary N) is 1. The van der Waals surface area contributed by atoms with E-state index < -0.39 is 0 Å². The molecular weight excluding hydrogens is 328 g/mol. The quantitative estimate of drug-likeness (QED) is 0.839. The largest absolute Gasteiger partial charge is 0.497 e. The van der Waals surface area contributed by atoms with Gasteiger partial charge in [-0.2, -0.15) is 0 Å². The first kappa shape index (κ1) is 16.3. The lowest BCUT2D eigenvalue weighted by molar-refractivity contribution is -0.755. The molecule has 4 aliphatic carbocycles. The smallest absolute Gasteiger partial charge is 0.292 e. The molecule has 0 spiro atoms. The zero-order valence-electron chi connectivity index (χ0n) is 15.3. The number of rotatable bonds is 4. The van der Waals surface area contributed by atoms with E-state index in [0.717, 1.165) is 23.5 Å². The van der Waals surface area contributed by atoms with Crippen LogP contribution in [0.4, 0.5) is 5.69 Å². The van der Waals surface area contributed by atoms with Gasteiger partial charge in [0.2, 0.25) is 5.91 Å². The van der Waals surface area contributed by atoms with Crippen LogP contribution in [0.25, 0.3) is 0 Å². The number of quaternary nitrogens is 1. The first-order valence-corrected chi connectivity index (χ1v) is 9.92. The monoisotopic (exact) mass is 355 g/mol. The Morgan fingerprint density at radius 3 is 2.12 bits per heavy atom. The van der Waals surface area contributed by atoms with Crippen LogP contribution >= 0.6 is 0 Å². The van der Waals surface area contributed by atoms with E-state index in [1.54, 1.807) is 31.4 Å². The maximum atomic E-state index is 13.0. The number of benzene rings is 1. The molecule has 1 atom stereocenters. The second-order valence-corrected chi connectivity index (χ2v) is 9.02. The van der Waals surface area contributed by atoms with Crippen molar-refractivity contribution in [2.45, 2.75) is 56.5 Å². The number of nitrogens with zero attached hydrogens (tertiary/aromatic N) is 1. The number of carbonyl (C=O) groups excluding carboxylic acids is 2. The number of carbonyl (C=O) groups is 2. The molecule has 4 saturated carbocycles. The summed E-state index contributed by atoms with van der Waals surface area (Å²) < 4.78 is 5.17. The predicted molar refractivity (Wildman–Crippen MR) is 96.7 cm³/mol. The van der Waals surface area contributed by atoms with Crippen molar-refractivity contribution in [2.24, 2.45) is 17.8 Å². The number of ether oxygens (including phenoxy) is 1. The summed E-state index contributed by atoms with van der Waals surface area (Å²) in [5, 5.41) is 2.31. The van der Waals surface area contributed by atoms with Crippen LogP contribution < -0.4 is 15.0 Å². The van der Waals surface area contributed by atoms with Crippen molar-refractivity contribution in [2.75, 3.05) is 12.0 Å². The number of hydrogen-bond acceptors (Lipinski definition) is 3. The van der Waals surface area contributed by atoms with E-state index in [9.17, 15) is 9.59 Å². The minimum atomic E-state index is -0.249. The molecule has 2 N–H and O–H groups in total. The first-order chi connectivity index (χ1) is 12.5. The fourth-order valence-corrected chi connectivity index (χ4v) is 6.60. The van der Waals surface area contributed by atoms with Crippen LogP contribution in [-0.4, -0.2) is 30.5 Å². The summed E-state index contributed by atoms with van der Waals surface area (Å²) in [4.78, 5) is 27.0. The standard InChI is InChI=1S/C21H26N2O3/c1-26-17-4-2-16(3-5-17)23-19(24)9-18(20(23)25)22-21-10-13-6-14(11-21)8-15(7-13)12-21/h2-5,13-15,18,22H,6-12H2,1H3/p+1/t13?,14?,15?,18-,21?/m0/s1. The number of imide groups is 1. The van der Waals surface area contributed by atoms with Crippen LogP contribution in [0.15, 0.2) is 24.3 Å². The number of amides is 2. The average molecular weight is 355 g/mol. The maximum Gasteiger partial charge on any atom is 0.292 e. The van der Waals surface area contributed by atoms with Gasteiger partial charge in [-0.05, 0) is 61.3 Å². The summed E-state index contributed by atoms with van der Waals surface area (Å²) >= 11 is 0. The molecule has 2 amide bonds. The van der Waals surface area contributed by atoms with Crippen LogP contribution in [0.2, 0.25) is 0 Å². The van der Waals surface area contributed by atoms with Gasteiger partial charge in [0.05, 0.1) is 24.8 Å². The third kappa shape index (κ3) is 2.56. The average Bonchev–Trinajstić information content (AvgIpc) is 2.87. The summed E-state index contributed by atoms with van der Waals surface area (Å²) in [5.41, 5.74) is 0.868. The highest BCUT2D eigenvalue weighted by molar-refractivity contribution is 6.21. The lowest BCUT2D eigenvalue weighted by Crippen LogP contribution is -3.03. The fraction of sp³-hybridized carbons (Fsp3) is 0.619. The molecule has 0 radical (unpaired) electrons. The van der Waals surface area contributed by atoms with Gasteiger partial charge in [0.1, 0.15) is 5.75 Å². The van der Waals surface area contributed by atoms with Gasteiger partial charge in [0.25, 0.3) is 5.91 Å². The van der Waals surface area contributed by atoms with Gasteiger partial charge in [0.15, 0.2) is 6.04 Å². The summed E-state index contributed by atoms with van der Waals surface area (Å²) in [7, 11) is 1.61. The molecule has 1 aromatic rings. The Bertz CT molecular complexity index is 707. The van der Waals surface area contributed by atoms with Crippen molar-refractivity contribution in [1.29, 1.82) is 0 Å². The summed E-state index contributed by atoms with van der Waals surface area (Å²) in [6.07, 6.45) is 8.21. The molecule has 138 valence electrons. The minimum absolute atomic E-state index is 0.0455. The zero-order chi connectivity index (χ0) is 17.9. The van der Waals surface area contributed by atoms with Gasteiger partial charge >= 0.3 is 0 Å². The third-order valence-electron chi connectivity index (χ3n) is 7.15. The van der Waals surface area contributed by atoms with Gasteiger partial charge in [-0.1, -0.05) is 0 Å². The predicted octanol–water partition coefficient (Wildman–Crippen LogP) is 1.86. The molecule has 0 unspecified atom stereocenters. The van der Waals surface area contributed by atoms with E-state index in [1.165, 1.54) is 43.4 Å². The van der Waals surface area contributed by atoms with Gasteiger partial charge in [-0.15, -0.1) is 0 Å². The van der Waals surface area contributed by atoms with E-state index in [4.69, 9.17) is 4.74 Å². The van der Waals surface area contributed by atoms with Crippen LogP contribution in [0.3, 0.4) is 0 Å². The van der Waals surface area contributed by atoms with Crippen LogP contribution in [0.5, 0.6) is 5.75 Å². The lowest BCUT2D eigenvalue weighted by Gasteiger charge is -2.55. The Balaban J connectivity index is 1.35. The molecule has 5 fully saturated rings. The first-order valence-electron chi connectivity index (χ1n) is 9.92. The highest BCUT2D eigenvalue weighted by atomic mass is 16.5. The molecule has 1 saturated heterocycles. The number of hydrogen-bond donors (Lipinski definition) is 1. The second-order valence-electron chi connectivity index (χ2n) is 9.02. The normalized spacial score (nSPS) is 38.3. The van der Waals surface area contributed by atoms with Crippen molar-refractivity contribution in [3.05, 3.63) is 24.3 Å². The summed E-state index contributed by atoms with van der Waals surface area (Å²) in [5.74, 6) is 3.15. The third-order valence-corrected chi connectivity index (χ3v) is 7.15. The topological polar surface area (TPSA) is 63.2 Å². The molecule has 5 aliphatic rings. The Morgan fingerprint density at radius 1 is 1.00 bits per heavy atom. The van der Waals surface area contributed by atoms with Gasteiger partial charge < -0.3 is 10.1 Å². The SMILES string of the molecule is COc1ccc(N2C(=O)C[C@H]([NH2+]C34CC5CC(CC(C5)C3)C4)C2=O)cc1. The van der Waals surface area contributed by atoms with E-state index in [-0.39, 0.29) is 23.4 Å². The molecule has 0 aromatic heterocycles. The molecule has 4 bridgehead atoms. The van der Waals surface area contributed by atoms with E-state index >= 15 is 0 Å². The molecule has 26 heavy (non-hydrogen) atoms. The Labute approximate surface area is 154 Å². The summed E-state index contributed by atoms with van der Waals surface area (Å²) in [6.45, 7) is 0. The van der Waals surface area contributed by atoms with Crippen LogP contribution in [-0.2, 0) is 9.59 Å². The van der Waals surface area contributed by atoms with Crippen molar-refractivity contribution in [3.63, 3.8) is 0 Å². The highest BCUT2D eigenvalue weighted by Gasteiger charge is 2.56.